The quantitative estimate of drug-likeness (QED) is 0.101. The van der Waals surface area contributed by atoms with Crippen molar-refractivity contribution < 1.29 is 14.3 Å². The first-order valence-electron chi connectivity index (χ1n) is 15.3. The minimum atomic E-state index is -0.765. The molecule has 4 aromatic carbocycles. The molecule has 0 saturated carbocycles. The molecular formula is C36H34N6O3S. The zero-order chi connectivity index (χ0) is 31.9. The van der Waals surface area contributed by atoms with Crippen LogP contribution in [0.25, 0.3) is 0 Å². The highest BCUT2D eigenvalue weighted by molar-refractivity contribution is 8.01. The summed E-state index contributed by atoms with van der Waals surface area (Å²) >= 11 is 1.77. The lowest BCUT2D eigenvalue weighted by atomic mass is 9.76. The van der Waals surface area contributed by atoms with E-state index in [-0.39, 0.29) is 28.0 Å². The number of fused-ring (bicyclic) bond motifs is 1. The van der Waals surface area contributed by atoms with E-state index in [2.05, 4.69) is 71.1 Å². The molecule has 0 aliphatic carbocycles. The fraction of sp³-hybridized carbons (Fsp3) is 0.250. The molecule has 0 radical (unpaired) electrons. The first-order valence-corrected chi connectivity index (χ1v) is 16.1. The molecule has 0 spiro atoms. The van der Waals surface area contributed by atoms with Crippen molar-refractivity contribution in [1.29, 1.82) is 0 Å². The van der Waals surface area contributed by atoms with Gasteiger partial charge in [0.1, 0.15) is 23.2 Å². The highest BCUT2D eigenvalue weighted by atomic mass is 32.2. The van der Waals surface area contributed by atoms with Crippen LogP contribution in [0.5, 0.6) is 5.75 Å². The van der Waals surface area contributed by atoms with Crippen molar-refractivity contribution in [2.45, 2.75) is 55.1 Å². The van der Waals surface area contributed by atoms with Crippen LogP contribution in [-0.4, -0.2) is 53.1 Å². The molecule has 2 fully saturated rings. The third-order valence-electron chi connectivity index (χ3n) is 8.75. The number of rotatable bonds is 9. The first kappa shape index (κ1) is 29.9. The van der Waals surface area contributed by atoms with Gasteiger partial charge >= 0.3 is 5.97 Å². The Morgan fingerprint density at radius 3 is 1.93 bits per heavy atom. The molecule has 2 aliphatic heterocycles. The molecule has 2 aliphatic rings. The number of esters is 1. The Labute approximate surface area is 272 Å². The minimum absolute atomic E-state index is 0.0144. The maximum absolute atomic E-state index is 14.3. The highest BCUT2D eigenvalue weighted by Gasteiger charge is 2.64. The van der Waals surface area contributed by atoms with E-state index in [1.165, 1.54) is 6.92 Å². The molecular weight excluding hydrogens is 597 g/mol. The number of aromatic nitrogens is 4. The van der Waals surface area contributed by atoms with Crippen molar-refractivity contribution in [1.82, 2.24) is 30.4 Å². The Balaban J connectivity index is 1.22. The lowest BCUT2D eigenvalue weighted by Crippen LogP contribution is -2.70. The molecule has 5 aromatic rings. The summed E-state index contributed by atoms with van der Waals surface area (Å²) in [5.41, 5.74) is 3.35. The molecule has 3 atom stereocenters. The number of tetrazole rings is 1. The van der Waals surface area contributed by atoms with Gasteiger partial charge in [-0.15, -0.1) is 16.9 Å². The molecule has 46 heavy (non-hydrogen) atoms. The van der Waals surface area contributed by atoms with Crippen LogP contribution in [0.4, 0.5) is 0 Å². The number of carbonyl (C=O) groups is 2. The maximum atomic E-state index is 14.3. The van der Waals surface area contributed by atoms with E-state index in [0.29, 0.717) is 18.1 Å². The third kappa shape index (κ3) is 5.17. The van der Waals surface area contributed by atoms with Gasteiger partial charge in [-0.2, -0.15) is 0 Å². The second-order valence-electron chi connectivity index (χ2n) is 12.2. The van der Waals surface area contributed by atoms with Crippen molar-refractivity contribution in [2.75, 3.05) is 0 Å². The van der Waals surface area contributed by atoms with Crippen LogP contribution in [0.15, 0.2) is 115 Å². The fourth-order valence-corrected chi connectivity index (χ4v) is 8.36. The molecule has 3 heterocycles. The molecule has 232 valence electrons. The summed E-state index contributed by atoms with van der Waals surface area (Å²) in [6.45, 7) is 6.08. The molecule has 1 aromatic heterocycles. The summed E-state index contributed by atoms with van der Waals surface area (Å²) in [5, 5.41) is 16.6. The number of ether oxygens (including phenoxy) is 1. The maximum Gasteiger partial charge on any atom is 0.308 e. The van der Waals surface area contributed by atoms with E-state index in [1.54, 1.807) is 28.6 Å². The number of hydrogen-bond acceptors (Lipinski definition) is 8. The highest BCUT2D eigenvalue weighted by Crippen LogP contribution is 2.57. The number of nitrogens with one attached hydrogen (secondary N) is 1. The van der Waals surface area contributed by atoms with Crippen LogP contribution in [0.3, 0.4) is 0 Å². The smallest absolute Gasteiger partial charge is 0.308 e. The van der Waals surface area contributed by atoms with E-state index >= 15 is 0 Å². The van der Waals surface area contributed by atoms with E-state index in [9.17, 15) is 9.59 Å². The number of nitrogens with zero attached hydrogens (tertiary/aromatic N) is 5. The normalized spacial score (nSPS) is 20.2. The van der Waals surface area contributed by atoms with Gasteiger partial charge in [0.05, 0.1) is 12.1 Å². The van der Waals surface area contributed by atoms with Crippen molar-refractivity contribution in [3.8, 4) is 5.75 Å². The van der Waals surface area contributed by atoms with Gasteiger partial charge in [0.2, 0.25) is 5.91 Å². The fourth-order valence-electron chi connectivity index (χ4n) is 6.73. The second kappa shape index (κ2) is 11.9. The molecule has 7 rings (SSSR count). The first-order chi connectivity index (χ1) is 22.3. The van der Waals surface area contributed by atoms with Crippen LogP contribution in [0.2, 0.25) is 0 Å². The molecule has 10 heteroatoms. The number of carbonyl (C=O) groups excluding carboxylic acids is 2. The van der Waals surface area contributed by atoms with Gasteiger partial charge in [0, 0.05) is 11.7 Å². The lowest BCUT2D eigenvalue weighted by molar-refractivity contribution is -0.150. The van der Waals surface area contributed by atoms with Gasteiger partial charge in [0.15, 0.2) is 5.82 Å². The van der Waals surface area contributed by atoms with Crippen LogP contribution in [0, 0.1) is 0 Å². The van der Waals surface area contributed by atoms with Crippen LogP contribution in [-0.2, 0) is 21.7 Å². The Hall–Kier alpha value is -4.80. The summed E-state index contributed by atoms with van der Waals surface area (Å²) in [7, 11) is 0. The van der Waals surface area contributed by atoms with Gasteiger partial charge < -0.3 is 9.64 Å². The number of amides is 1. The van der Waals surface area contributed by atoms with Crippen LogP contribution >= 0.6 is 11.8 Å². The monoisotopic (exact) mass is 630 g/mol. The van der Waals surface area contributed by atoms with Crippen molar-refractivity contribution in [2.24, 2.45) is 0 Å². The molecule has 9 nitrogen and oxygen atoms in total. The van der Waals surface area contributed by atoms with Gasteiger partial charge in [0.25, 0.3) is 0 Å². The zero-order valence-electron chi connectivity index (χ0n) is 25.8. The van der Waals surface area contributed by atoms with E-state index in [4.69, 9.17) is 4.74 Å². The van der Waals surface area contributed by atoms with Crippen molar-refractivity contribution in [3.63, 3.8) is 0 Å². The van der Waals surface area contributed by atoms with Crippen molar-refractivity contribution >= 4 is 23.6 Å². The predicted molar refractivity (Wildman–Crippen MR) is 176 cm³/mol. The standard InChI is InChI=1S/C36H34N6O3S/c1-24(43)45-29-21-19-25(20-22-29)23-41-32(38-39-40-41)31-35(2,3)46-34-30(33(44)42(31)34)37-36(26-13-7-4-8-14-26,27-15-9-5-10-16-27)28-17-11-6-12-18-28/h4-22,30-31,34,37H,23H2,1-3H3. The average Bonchev–Trinajstić information content (AvgIpc) is 3.62. The number of hydrogen-bond donors (Lipinski definition) is 1. The topological polar surface area (TPSA) is 102 Å². The Bertz CT molecular complexity index is 1750. The number of benzene rings is 4. The van der Waals surface area contributed by atoms with Gasteiger partial charge in [-0.25, -0.2) is 4.68 Å². The Kier molecular flexibility index (Phi) is 7.70. The summed E-state index contributed by atoms with van der Waals surface area (Å²) in [5.74, 6) is 0.759. The summed E-state index contributed by atoms with van der Waals surface area (Å²) < 4.78 is 6.56. The van der Waals surface area contributed by atoms with Crippen LogP contribution < -0.4 is 10.1 Å². The van der Waals surface area contributed by atoms with E-state index in [0.717, 1.165) is 22.3 Å². The van der Waals surface area contributed by atoms with E-state index in [1.807, 2.05) is 71.6 Å². The zero-order valence-corrected chi connectivity index (χ0v) is 26.6. The van der Waals surface area contributed by atoms with Crippen molar-refractivity contribution in [3.05, 3.63) is 143 Å². The molecule has 3 unspecified atom stereocenters. The average molecular weight is 631 g/mol. The molecule has 1 N–H and O–H groups in total. The Morgan fingerprint density at radius 2 is 1.41 bits per heavy atom. The molecule has 1 amide bonds. The second-order valence-corrected chi connectivity index (χ2v) is 13.9. The van der Waals surface area contributed by atoms with Gasteiger partial charge in [-0.05, 0) is 58.7 Å². The summed E-state index contributed by atoms with van der Waals surface area (Å²) in [6.07, 6.45) is 0. The number of β-lactam (4-membered cyclic amide) rings is 1. The van der Waals surface area contributed by atoms with Gasteiger partial charge in [-0.3, -0.25) is 14.9 Å². The predicted octanol–water partition coefficient (Wildman–Crippen LogP) is 5.33. The van der Waals surface area contributed by atoms with E-state index < -0.39 is 11.6 Å². The summed E-state index contributed by atoms with van der Waals surface area (Å²) in [6, 6.07) is 37.5. The SMILES string of the molecule is CC(=O)Oc1ccc(Cn2nnnc2C2N3C(=O)C(NC(c4ccccc4)(c4ccccc4)c4ccccc4)C3SC2(C)C)cc1. The largest absolute Gasteiger partial charge is 0.427 e. The lowest BCUT2D eigenvalue weighted by Gasteiger charge is -2.49. The molecule has 2 saturated heterocycles. The summed E-state index contributed by atoms with van der Waals surface area (Å²) in [4.78, 5) is 27.6. The minimum Gasteiger partial charge on any atom is -0.427 e. The number of thioether (sulfide) groups is 1. The van der Waals surface area contributed by atoms with Gasteiger partial charge in [-0.1, -0.05) is 103 Å². The van der Waals surface area contributed by atoms with Crippen LogP contribution in [0.1, 0.15) is 54.9 Å². The molecule has 0 bridgehead atoms. The Morgan fingerprint density at radius 1 is 0.870 bits per heavy atom. The third-order valence-corrected chi connectivity index (χ3v) is 10.3.